The van der Waals surface area contributed by atoms with Gasteiger partial charge in [-0.1, -0.05) is 60.7 Å². The standard InChI is InChI=1S/C28H23N3O4/c1-18-13-14-29-27(30-18)31(16-19-7-6-8-20(15-19)26(32)33)28(34)35-17-25-23-11-4-2-9-21(23)22-10-3-5-12-24(22)25/h2-15,25H,16-17H2,1H3,(H,32,33). The molecule has 0 radical (unpaired) electrons. The molecule has 0 unspecified atom stereocenters. The number of rotatable bonds is 6. The second-order valence-electron chi connectivity index (χ2n) is 8.39. The molecule has 0 spiro atoms. The molecule has 0 fully saturated rings. The molecule has 7 nitrogen and oxygen atoms in total. The minimum Gasteiger partial charge on any atom is -0.478 e. The monoisotopic (exact) mass is 465 g/mol. The molecular formula is C28H23N3O4. The number of carbonyl (C=O) groups is 2. The van der Waals surface area contributed by atoms with Gasteiger partial charge in [-0.3, -0.25) is 0 Å². The quantitative estimate of drug-likeness (QED) is 0.408. The Labute approximate surface area is 202 Å². The zero-order chi connectivity index (χ0) is 24.4. The van der Waals surface area contributed by atoms with Crippen LogP contribution in [0.4, 0.5) is 10.7 Å². The van der Waals surface area contributed by atoms with E-state index in [0.717, 1.165) is 22.3 Å². The second-order valence-corrected chi connectivity index (χ2v) is 8.39. The van der Waals surface area contributed by atoms with Crippen molar-refractivity contribution in [3.8, 4) is 11.1 Å². The van der Waals surface area contributed by atoms with Crippen molar-refractivity contribution in [1.82, 2.24) is 9.97 Å². The van der Waals surface area contributed by atoms with E-state index in [0.29, 0.717) is 11.3 Å². The zero-order valence-electron chi connectivity index (χ0n) is 19.1. The molecule has 4 aromatic rings. The maximum Gasteiger partial charge on any atom is 0.417 e. The number of hydrogen-bond acceptors (Lipinski definition) is 5. The number of aromatic carboxylic acids is 1. The van der Waals surface area contributed by atoms with Gasteiger partial charge in [-0.2, -0.15) is 0 Å². The summed E-state index contributed by atoms with van der Waals surface area (Å²) in [5.41, 5.74) is 6.00. The van der Waals surface area contributed by atoms with Gasteiger partial charge in [0.25, 0.3) is 0 Å². The number of aromatic nitrogens is 2. The predicted octanol–water partition coefficient (Wildman–Crippen LogP) is 5.44. The van der Waals surface area contributed by atoms with E-state index in [9.17, 15) is 14.7 Å². The van der Waals surface area contributed by atoms with E-state index in [-0.39, 0.29) is 30.6 Å². The first-order chi connectivity index (χ1) is 17.0. The number of hydrogen-bond donors (Lipinski definition) is 1. The number of aryl methyl sites for hydroxylation is 1. The van der Waals surface area contributed by atoms with Gasteiger partial charge in [0.05, 0.1) is 12.1 Å². The lowest BCUT2D eigenvalue weighted by molar-refractivity contribution is 0.0696. The number of anilines is 1. The molecule has 0 aliphatic heterocycles. The molecule has 3 aromatic carbocycles. The van der Waals surface area contributed by atoms with Gasteiger partial charge >= 0.3 is 12.1 Å². The fourth-order valence-corrected chi connectivity index (χ4v) is 4.44. The summed E-state index contributed by atoms with van der Waals surface area (Å²) in [7, 11) is 0. The summed E-state index contributed by atoms with van der Waals surface area (Å²) in [4.78, 5) is 34.8. The molecule has 0 atom stereocenters. The van der Waals surface area contributed by atoms with Crippen molar-refractivity contribution in [3.05, 3.63) is 113 Å². The van der Waals surface area contributed by atoms with Gasteiger partial charge < -0.3 is 9.84 Å². The van der Waals surface area contributed by atoms with E-state index in [1.807, 2.05) is 31.2 Å². The molecule has 1 N–H and O–H groups in total. The van der Waals surface area contributed by atoms with Gasteiger partial charge in [-0.05, 0) is 52.9 Å². The summed E-state index contributed by atoms with van der Waals surface area (Å²) >= 11 is 0. The van der Waals surface area contributed by atoms with Gasteiger partial charge in [0.1, 0.15) is 6.61 Å². The second kappa shape index (κ2) is 9.38. The maximum atomic E-state index is 13.4. The summed E-state index contributed by atoms with van der Waals surface area (Å²) in [6.45, 7) is 2.04. The third-order valence-electron chi connectivity index (χ3n) is 6.09. The Morgan fingerprint density at radius 3 is 2.29 bits per heavy atom. The Balaban J connectivity index is 1.42. The third kappa shape index (κ3) is 4.48. The summed E-state index contributed by atoms with van der Waals surface area (Å²) < 4.78 is 5.84. The molecular weight excluding hydrogens is 442 g/mol. The Bertz CT molecular complexity index is 1370. The highest BCUT2D eigenvalue weighted by atomic mass is 16.6. The fourth-order valence-electron chi connectivity index (χ4n) is 4.44. The van der Waals surface area contributed by atoms with Crippen LogP contribution in [0.5, 0.6) is 0 Å². The molecule has 1 aromatic heterocycles. The molecule has 1 heterocycles. The molecule has 1 aliphatic rings. The van der Waals surface area contributed by atoms with Crippen LogP contribution in [0.2, 0.25) is 0 Å². The van der Waals surface area contributed by atoms with Crippen LogP contribution in [-0.2, 0) is 11.3 Å². The van der Waals surface area contributed by atoms with Gasteiger partial charge in [0, 0.05) is 17.8 Å². The maximum absolute atomic E-state index is 13.4. The van der Waals surface area contributed by atoms with Crippen LogP contribution in [0.15, 0.2) is 85.1 Å². The van der Waals surface area contributed by atoms with E-state index < -0.39 is 12.1 Å². The molecule has 7 heteroatoms. The van der Waals surface area contributed by atoms with Gasteiger partial charge in [0.15, 0.2) is 0 Å². The third-order valence-corrected chi connectivity index (χ3v) is 6.09. The molecule has 0 bridgehead atoms. The minimum atomic E-state index is -1.04. The average molecular weight is 466 g/mol. The smallest absolute Gasteiger partial charge is 0.417 e. The van der Waals surface area contributed by atoms with Gasteiger partial charge in [-0.25, -0.2) is 24.5 Å². The summed E-state index contributed by atoms with van der Waals surface area (Å²) in [5, 5.41) is 9.34. The van der Waals surface area contributed by atoms with Gasteiger partial charge in [0.2, 0.25) is 5.95 Å². The molecule has 1 aliphatic carbocycles. The van der Waals surface area contributed by atoms with Crippen molar-refractivity contribution in [2.75, 3.05) is 11.5 Å². The molecule has 35 heavy (non-hydrogen) atoms. The van der Waals surface area contributed by atoms with Crippen LogP contribution in [0.3, 0.4) is 0 Å². The molecule has 174 valence electrons. The average Bonchev–Trinajstić information content (AvgIpc) is 3.19. The van der Waals surface area contributed by atoms with E-state index in [2.05, 4.69) is 34.2 Å². The van der Waals surface area contributed by atoms with E-state index in [1.165, 1.54) is 17.0 Å². The Morgan fingerprint density at radius 1 is 0.943 bits per heavy atom. The number of carboxylic acid groups (broad SMARTS) is 1. The molecule has 0 saturated carbocycles. The summed E-state index contributed by atoms with van der Waals surface area (Å²) in [5.74, 6) is -0.920. The van der Waals surface area contributed by atoms with Crippen molar-refractivity contribution in [2.45, 2.75) is 19.4 Å². The number of amides is 1. The topological polar surface area (TPSA) is 92.6 Å². The number of carbonyl (C=O) groups excluding carboxylic acids is 1. The van der Waals surface area contributed by atoms with Crippen LogP contribution in [-0.4, -0.2) is 33.7 Å². The van der Waals surface area contributed by atoms with Crippen molar-refractivity contribution in [3.63, 3.8) is 0 Å². The van der Waals surface area contributed by atoms with Crippen molar-refractivity contribution >= 4 is 18.0 Å². The highest BCUT2D eigenvalue weighted by Gasteiger charge is 2.30. The van der Waals surface area contributed by atoms with Crippen LogP contribution in [0.25, 0.3) is 11.1 Å². The first kappa shape index (κ1) is 22.3. The number of carboxylic acids is 1. The molecule has 0 saturated heterocycles. The molecule has 1 amide bonds. The Kier molecular flexibility index (Phi) is 5.97. The first-order valence-corrected chi connectivity index (χ1v) is 11.3. The SMILES string of the molecule is Cc1ccnc(N(Cc2cccc(C(=O)O)c2)C(=O)OCC2c3ccccc3-c3ccccc32)n1. The van der Waals surface area contributed by atoms with E-state index in [4.69, 9.17) is 4.74 Å². The van der Waals surface area contributed by atoms with Crippen molar-refractivity contribution in [2.24, 2.45) is 0 Å². The Hall–Kier alpha value is -4.52. The van der Waals surface area contributed by atoms with Crippen LogP contribution < -0.4 is 4.90 Å². The number of fused-ring (bicyclic) bond motifs is 3. The highest BCUT2D eigenvalue weighted by molar-refractivity contribution is 5.88. The zero-order valence-corrected chi connectivity index (χ0v) is 19.1. The molecule has 5 rings (SSSR count). The lowest BCUT2D eigenvalue weighted by Crippen LogP contribution is -2.33. The Morgan fingerprint density at radius 2 is 1.63 bits per heavy atom. The normalized spacial score (nSPS) is 12.0. The lowest BCUT2D eigenvalue weighted by atomic mass is 9.98. The summed E-state index contributed by atoms with van der Waals surface area (Å²) in [6.07, 6.45) is 0.980. The van der Waals surface area contributed by atoms with Crippen LogP contribution in [0, 0.1) is 6.92 Å². The number of benzene rings is 3. The predicted molar refractivity (Wildman–Crippen MR) is 131 cm³/mol. The minimum absolute atomic E-state index is 0.0707. The largest absolute Gasteiger partial charge is 0.478 e. The van der Waals surface area contributed by atoms with Crippen molar-refractivity contribution < 1.29 is 19.4 Å². The fraction of sp³-hybridized carbons (Fsp3) is 0.143. The number of ether oxygens (including phenoxy) is 1. The highest BCUT2D eigenvalue weighted by Crippen LogP contribution is 2.44. The van der Waals surface area contributed by atoms with Crippen LogP contribution >= 0.6 is 0 Å². The van der Waals surface area contributed by atoms with E-state index in [1.54, 1.807) is 24.4 Å². The van der Waals surface area contributed by atoms with Gasteiger partial charge in [-0.15, -0.1) is 0 Å². The summed E-state index contributed by atoms with van der Waals surface area (Å²) in [6, 6.07) is 24.5. The van der Waals surface area contributed by atoms with Crippen LogP contribution in [0.1, 0.15) is 38.7 Å². The number of nitrogens with zero attached hydrogens (tertiary/aromatic N) is 3. The van der Waals surface area contributed by atoms with E-state index >= 15 is 0 Å². The van der Waals surface area contributed by atoms with Crippen molar-refractivity contribution in [1.29, 1.82) is 0 Å². The lowest BCUT2D eigenvalue weighted by Gasteiger charge is -2.22. The first-order valence-electron chi connectivity index (χ1n) is 11.3.